The Morgan fingerprint density at radius 2 is 1.62 bits per heavy atom. The zero-order chi connectivity index (χ0) is 18.4. The molecule has 0 aliphatic rings. The third kappa shape index (κ3) is 7.03. The first-order valence-corrected chi connectivity index (χ1v) is 10.1. The molecule has 0 saturated heterocycles. The molecule has 0 fully saturated rings. The number of aryl methyl sites for hydroxylation is 1. The predicted octanol–water partition coefficient (Wildman–Crippen LogP) is 5.29. The minimum Gasteiger partial charge on any atom is -0.262 e. The van der Waals surface area contributed by atoms with Crippen LogP contribution in [0.4, 0.5) is 13.2 Å². The maximum atomic E-state index is 12.8. The van der Waals surface area contributed by atoms with E-state index in [0.29, 0.717) is 12.8 Å². The molecule has 0 spiro atoms. The molecule has 1 aromatic carbocycles. The van der Waals surface area contributed by atoms with Gasteiger partial charge in [0.15, 0.2) is 0 Å². The molecular weight excluding hydrogens is 361 g/mol. The van der Waals surface area contributed by atoms with Gasteiger partial charge in [0, 0.05) is 5.25 Å². The van der Waals surface area contributed by atoms with Crippen LogP contribution in [0.25, 0.3) is 0 Å². The van der Waals surface area contributed by atoms with Crippen molar-refractivity contribution >= 4 is 21.9 Å². The molecule has 0 N–H and O–H groups in total. The van der Waals surface area contributed by atoms with Gasteiger partial charge in [-0.15, -0.1) is 0 Å². The largest absolute Gasteiger partial charge is 0.442 e. The second-order valence-corrected chi connectivity index (χ2v) is 8.46. The zero-order valence-electron chi connectivity index (χ0n) is 14.0. The van der Waals surface area contributed by atoms with Crippen molar-refractivity contribution in [2.45, 2.75) is 68.2 Å². The van der Waals surface area contributed by atoms with Gasteiger partial charge in [-0.1, -0.05) is 44.4 Å². The summed E-state index contributed by atoms with van der Waals surface area (Å²) in [6.07, 6.45) is 0.527. The van der Waals surface area contributed by atoms with E-state index >= 15 is 0 Å². The van der Waals surface area contributed by atoms with E-state index in [2.05, 4.69) is 0 Å². The van der Waals surface area contributed by atoms with Gasteiger partial charge in [0.05, 0.1) is 11.0 Å². The van der Waals surface area contributed by atoms with Gasteiger partial charge in [-0.2, -0.15) is 21.6 Å². The first-order chi connectivity index (χ1) is 11.1. The van der Waals surface area contributed by atoms with Gasteiger partial charge in [-0.05, 0) is 43.7 Å². The number of rotatable bonds is 9. The summed E-state index contributed by atoms with van der Waals surface area (Å²) in [6.45, 7) is 5.37. The van der Waals surface area contributed by atoms with Crippen LogP contribution in [0.3, 0.4) is 0 Å². The fourth-order valence-corrected chi connectivity index (χ4v) is 4.53. The van der Waals surface area contributed by atoms with Crippen molar-refractivity contribution < 1.29 is 25.8 Å². The molecule has 0 aliphatic carbocycles. The molecule has 0 radical (unpaired) electrons. The second kappa shape index (κ2) is 9.10. The van der Waals surface area contributed by atoms with Crippen LogP contribution in [-0.2, 0) is 14.3 Å². The Morgan fingerprint density at radius 3 is 2.08 bits per heavy atom. The summed E-state index contributed by atoms with van der Waals surface area (Å²) in [5.74, 6) is 0. The van der Waals surface area contributed by atoms with E-state index in [9.17, 15) is 21.6 Å². The molecule has 2 atom stereocenters. The Labute approximate surface area is 146 Å². The lowest BCUT2D eigenvalue weighted by Gasteiger charge is -2.26. The molecule has 8 heteroatoms. The zero-order valence-corrected chi connectivity index (χ0v) is 15.6. The topological polar surface area (TPSA) is 43.4 Å². The van der Waals surface area contributed by atoms with E-state index < -0.39 is 27.0 Å². The third-order valence-electron chi connectivity index (χ3n) is 3.41. The third-order valence-corrected chi connectivity index (χ3v) is 5.87. The highest BCUT2D eigenvalue weighted by molar-refractivity contribution is 8.00. The summed E-state index contributed by atoms with van der Waals surface area (Å²) < 4.78 is 68.4. The van der Waals surface area contributed by atoms with Crippen molar-refractivity contribution in [3.63, 3.8) is 0 Å². The maximum absolute atomic E-state index is 12.8. The Morgan fingerprint density at radius 1 is 1.08 bits per heavy atom. The molecule has 1 aromatic rings. The van der Waals surface area contributed by atoms with Crippen LogP contribution in [-0.4, -0.2) is 25.3 Å². The molecule has 138 valence electrons. The number of hydrogen-bond acceptors (Lipinski definition) is 4. The quantitative estimate of drug-likeness (QED) is 0.543. The second-order valence-electron chi connectivity index (χ2n) is 5.58. The van der Waals surface area contributed by atoms with Gasteiger partial charge < -0.3 is 0 Å². The highest BCUT2D eigenvalue weighted by atomic mass is 32.2. The molecular formula is C16H23F3O3S2. The standard InChI is InChI=1S/C16H23F3O3S2/c1-4-6-14(15(7-5-2)23-16(17,18)19)22-24(20,21)13-10-8-12(3)9-11-13/h8-11,14-15H,4-7H2,1-3H3/t14-,15+/m0/s1. The van der Waals surface area contributed by atoms with Crippen molar-refractivity contribution in [3.05, 3.63) is 29.8 Å². The Balaban J connectivity index is 3.02. The molecule has 3 nitrogen and oxygen atoms in total. The molecule has 0 unspecified atom stereocenters. The summed E-state index contributed by atoms with van der Waals surface area (Å²) in [5, 5.41) is -0.949. The van der Waals surface area contributed by atoms with Crippen molar-refractivity contribution in [1.29, 1.82) is 0 Å². The van der Waals surface area contributed by atoms with E-state index in [1.54, 1.807) is 26.0 Å². The van der Waals surface area contributed by atoms with E-state index in [0.717, 1.165) is 5.56 Å². The normalized spacial score (nSPS) is 15.2. The van der Waals surface area contributed by atoms with Crippen LogP contribution in [0.15, 0.2) is 29.2 Å². The minimum absolute atomic E-state index is 0.0403. The van der Waals surface area contributed by atoms with Crippen molar-refractivity contribution in [3.8, 4) is 0 Å². The van der Waals surface area contributed by atoms with Crippen molar-refractivity contribution in [2.75, 3.05) is 0 Å². The van der Waals surface area contributed by atoms with Crippen LogP contribution in [0, 0.1) is 6.92 Å². The SMILES string of the molecule is CCC[C@H](OS(=O)(=O)c1ccc(C)cc1)[C@@H](CCC)SC(F)(F)F. The Kier molecular flexibility index (Phi) is 8.08. The van der Waals surface area contributed by atoms with Gasteiger partial charge in [0.25, 0.3) is 10.1 Å². The average Bonchev–Trinajstić information content (AvgIpc) is 2.45. The van der Waals surface area contributed by atoms with E-state index in [4.69, 9.17) is 4.18 Å². The van der Waals surface area contributed by atoms with Crippen molar-refractivity contribution in [1.82, 2.24) is 0 Å². The first kappa shape index (κ1) is 21.3. The fourth-order valence-electron chi connectivity index (χ4n) is 2.28. The number of alkyl halides is 3. The molecule has 0 amide bonds. The summed E-state index contributed by atoms with van der Waals surface area (Å²) in [5.41, 5.74) is -3.54. The lowest BCUT2D eigenvalue weighted by atomic mass is 10.1. The summed E-state index contributed by atoms with van der Waals surface area (Å²) in [4.78, 5) is -0.0403. The Bertz CT molecular complexity index is 598. The van der Waals surface area contributed by atoms with Crippen LogP contribution in [0.2, 0.25) is 0 Å². The molecule has 24 heavy (non-hydrogen) atoms. The summed E-state index contributed by atoms with van der Waals surface area (Å²) in [6, 6.07) is 6.05. The molecule has 0 aliphatic heterocycles. The first-order valence-electron chi connectivity index (χ1n) is 7.83. The van der Waals surface area contributed by atoms with Crippen LogP contribution in [0.1, 0.15) is 45.1 Å². The lowest BCUT2D eigenvalue weighted by Crippen LogP contribution is -2.31. The minimum atomic E-state index is -4.43. The van der Waals surface area contributed by atoms with Gasteiger partial charge >= 0.3 is 5.51 Å². The highest BCUT2D eigenvalue weighted by Gasteiger charge is 2.38. The molecule has 1 rings (SSSR count). The summed E-state index contributed by atoms with van der Waals surface area (Å²) >= 11 is -0.177. The number of halogens is 3. The maximum Gasteiger partial charge on any atom is 0.442 e. The average molecular weight is 384 g/mol. The number of thioether (sulfide) groups is 1. The van der Waals surface area contributed by atoms with E-state index in [-0.39, 0.29) is 29.5 Å². The number of hydrogen-bond donors (Lipinski definition) is 0. The lowest BCUT2D eigenvalue weighted by molar-refractivity contribution is -0.0343. The summed E-state index contributed by atoms with van der Waals surface area (Å²) in [7, 11) is -4.10. The van der Waals surface area contributed by atoms with Gasteiger partial charge in [0.1, 0.15) is 0 Å². The van der Waals surface area contributed by atoms with Gasteiger partial charge in [-0.3, -0.25) is 4.18 Å². The van der Waals surface area contributed by atoms with E-state index in [1.807, 2.05) is 6.92 Å². The van der Waals surface area contributed by atoms with E-state index in [1.165, 1.54) is 12.1 Å². The number of benzene rings is 1. The van der Waals surface area contributed by atoms with Crippen LogP contribution < -0.4 is 0 Å². The Hall–Kier alpha value is -0.730. The predicted molar refractivity (Wildman–Crippen MR) is 90.5 cm³/mol. The highest BCUT2D eigenvalue weighted by Crippen LogP contribution is 2.39. The molecule has 0 saturated carbocycles. The van der Waals surface area contributed by atoms with Crippen molar-refractivity contribution in [2.24, 2.45) is 0 Å². The molecule has 0 aromatic heterocycles. The molecule has 0 heterocycles. The van der Waals surface area contributed by atoms with Gasteiger partial charge in [0.2, 0.25) is 0 Å². The smallest absolute Gasteiger partial charge is 0.262 e. The molecule has 0 bridgehead atoms. The fraction of sp³-hybridized carbons (Fsp3) is 0.625. The van der Waals surface area contributed by atoms with Crippen LogP contribution in [0.5, 0.6) is 0 Å². The van der Waals surface area contributed by atoms with Gasteiger partial charge in [-0.25, -0.2) is 0 Å². The van der Waals surface area contributed by atoms with Crippen LogP contribution >= 0.6 is 11.8 Å². The monoisotopic (exact) mass is 384 g/mol.